The van der Waals surface area contributed by atoms with Crippen molar-refractivity contribution in [1.82, 2.24) is 9.97 Å². The van der Waals surface area contributed by atoms with Gasteiger partial charge in [-0.1, -0.05) is 48.2 Å². The van der Waals surface area contributed by atoms with Gasteiger partial charge in [0, 0.05) is 41.3 Å². The van der Waals surface area contributed by atoms with Crippen molar-refractivity contribution in [2.45, 2.75) is 24.8 Å². The first-order valence-corrected chi connectivity index (χ1v) is 10.4. The van der Waals surface area contributed by atoms with Gasteiger partial charge in [0.25, 0.3) is 5.91 Å². The van der Waals surface area contributed by atoms with Gasteiger partial charge in [0.05, 0.1) is 0 Å². The number of aryl methyl sites for hydroxylation is 1. The lowest BCUT2D eigenvalue weighted by molar-refractivity contribution is 0.0962. The Hall–Kier alpha value is -3.12. The zero-order valence-corrected chi connectivity index (χ0v) is 17.1. The van der Waals surface area contributed by atoms with Crippen molar-refractivity contribution >= 4 is 34.3 Å². The third-order valence-electron chi connectivity index (χ3n) is 4.75. The van der Waals surface area contributed by atoms with Crippen LogP contribution in [0.3, 0.4) is 0 Å². The molecule has 0 radical (unpaired) electrons. The maximum Gasteiger partial charge on any atom is 0.294 e. The quantitative estimate of drug-likeness (QED) is 0.315. The van der Waals surface area contributed by atoms with E-state index in [1.165, 1.54) is 11.8 Å². The van der Waals surface area contributed by atoms with Crippen LogP contribution in [0.5, 0.6) is 0 Å². The van der Waals surface area contributed by atoms with E-state index in [4.69, 9.17) is 4.42 Å². The fourth-order valence-corrected chi connectivity index (χ4v) is 4.15. The van der Waals surface area contributed by atoms with E-state index in [-0.39, 0.29) is 5.91 Å². The summed E-state index contributed by atoms with van der Waals surface area (Å²) in [7, 11) is 0. The molecule has 2 heterocycles. The molecule has 4 aromatic rings. The number of anilines is 1. The molecule has 6 heteroatoms. The molecule has 0 saturated carbocycles. The SMILES string of the molecule is CCN(C(=O)c1oc2ccccc2c1CSc1ncccn1)c1ccccc1C. The summed E-state index contributed by atoms with van der Waals surface area (Å²) in [6, 6.07) is 17.4. The van der Waals surface area contributed by atoms with Crippen LogP contribution in [0.1, 0.15) is 28.6 Å². The van der Waals surface area contributed by atoms with Crippen molar-refractivity contribution < 1.29 is 9.21 Å². The van der Waals surface area contributed by atoms with Gasteiger partial charge in [-0.2, -0.15) is 0 Å². The van der Waals surface area contributed by atoms with E-state index in [2.05, 4.69) is 9.97 Å². The van der Waals surface area contributed by atoms with Crippen molar-refractivity contribution in [3.8, 4) is 0 Å². The van der Waals surface area contributed by atoms with Gasteiger partial charge in [-0.15, -0.1) is 0 Å². The van der Waals surface area contributed by atoms with Crippen LogP contribution in [0.25, 0.3) is 11.0 Å². The van der Waals surface area contributed by atoms with Crippen LogP contribution in [0.15, 0.2) is 76.6 Å². The molecule has 2 aromatic heterocycles. The van der Waals surface area contributed by atoms with Crippen LogP contribution in [-0.4, -0.2) is 22.4 Å². The first-order valence-electron chi connectivity index (χ1n) is 9.46. The van der Waals surface area contributed by atoms with E-state index in [1.807, 2.05) is 62.4 Å². The summed E-state index contributed by atoms with van der Waals surface area (Å²) in [4.78, 5) is 23.8. The minimum absolute atomic E-state index is 0.136. The number of furan rings is 1. The van der Waals surface area contributed by atoms with Crippen molar-refractivity contribution in [2.24, 2.45) is 0 Å². The number of hydrogen-bond donors (Lipinski definition) is 0. The highest BCUT2D eigenvalue weighted by Gasteiger charge is 2.26. The lowest BCUT2D eigenvalue weighted by Gasteiger charge is -2.22. The van der Waals surface area contributed by atoms with Crippen LogP contribution in [-0.2, 0) is 5.75 Å². The maximum absolute atomic E-state index is 13.5. The number of carbonyl (C=O) groups excluding carboxylic acids is 1. The normalized spacial score (nSPS) is 11.0. The fraction of sp³-hybridized carbons (Fsp3) is 0.174. The highest BCUT2D eigenvalue weighted by atomic mass is 32.2. The monoisotopic (exact) mass is 403 g/mol. The van der Waals surface area contributed by atoms with Gasteiger partial charge in [-0.05, 0) is 37.6 Å². The molecule has 0 N–H and O–H groups in total. The number of aromatic nitrogens is 2. The number of rotatable bonds is 6. The third-order valence-corrected chi connectivity index (χ3v) is 5.65. The fourth-order valence-electron chi connectivity index (χ4n) is 3.32. The molecule has 5 nitrogen and oxygen atoms in total. The standard InChI is InChI=1S/C23H21N3O2S/c1-3-26(19-11-6-4-9-16(19)2)22(27)21-18(15-29-23-24-13-8-14-25-23)17-10-5-7-12-20(17)28-21/h4-14H,3,15H2,1-2H3. The molecule has 0 spiro atoms. The third kappa shape index (κ3) is 3.89. The van der Waals surface area contributed by atoms with E-state index in [0.29, 0.717) is 28.8 Å². The number of para-hydroxylation sites is 2. The molecule has 0 bridgehead atoms. The Morgan fingerprint density at radius 1 is 1.03 bits per heavy atom. The van der Waals surface area contributed by atoms with Crippen molar-refractivity contribution in [3.63, 3.8) is 0 Å². The zero-order valence-electron chi connectivity index (χ0n) is 16.3. The molecular weight excluding hydrogens is 382 g/mol. The Balaban J connectivity index is 1.74. The predicted octanol–water partition coefficient (Wildman–Crippen LogP) is 5.49. The number of nitrogens with zero attached hydrogens (tertiary/aromatic N) is 3. The molecule has 0 fully saturated rings. The minimum Gasteiger partial charge on any atom is -0.451 e. The number of fused-ring (bicyclic) bond motifs is 1. The number of carbonyl (C=O) groups is 1. The van der Waals surface area contributed by atoms with Crippen LogP contribution < -0.4 is 4.90 Å². The number of hydrogen-bond acceptors (Lipinski definition) is 5. The van der Waals surface area contributed by atoms with E-state index in [0.717, 1.165) is 22.2 Å². The first kappa shape index (κ1) is 19.2. The van der Waals surface area contributed by atoms with Gasteiger partial charge in [0.1, 0.15) is 5.58 Å². The smallest absolute Gasteiger partial charge is 0.294 e. The number of thioether (sulfide) groups is 1. The lowest BCUT2D eigenvalue weighted by Crippen LogP contribution is -2.31. The molecule has 1 amide bonds. The molecule has 29 heavy (non-hydrogen) atoms. The molecule has 0 atom stereocenters. The van der Waals surface area contributed by atoms with Crippen molar-refractivity contribution in [2.75, 3.05) is 11.4 Å². The average Bonchev–Trinajstić information content (AvgIpc) is 3.13. The Labute approximate surface area is 173 Å². The number of benzene rings is 2. The van der Waals surface area contributed by atoms with Crippen LogP contribution in [0.2, 0.25) is 0 Å². The summed E-state index contributed by atoms with van der Waals surface area (Å²) in [5.74, 6) is 0.787. The Morgan fingerprint density at radius 2 is 1.76 bits per heavy atom. The van der Waals surface area contributed by atoms with Gasteiger partial charge < -0.3 is 9.32 Å². The predicted molar refractivity (Wildman–Crippen MR) is 116 cm³/mol. The van der Waals surface area contributed by atoms with Gasteiger partial charge in [-0.3, -0.25) is 4.79 Å². The topological polar surface area (TPSA) is 59.2 Å². The second-order valence-electron chi connectivity index (χ2n) is 6.56. The molecule has 0 saturated heterocycles. The molecule has 0 aliphatic carbocycles. The molecule has 4 rings (SSSR count). The van der Waals surface area contributed by atoms with Crippen molar-refractivity contribution in [3.05, 3.63) is 83.9 Å². The van der Waals surface area contributed by atoms with Crippen molar-refractivity contribution in [1.29, 1.82) is 0 Å². The second kappa shape index (κ2) is 8.49. The summed E-state index contributed by atoms with van der Waals surface area (Å²) >= 11 is 1.49. The van der Waals surface area contributed by atoms with Gasteiger partial charge >= 0.3 is 0 Å². The summed E-state index contributed by atoms with van der Waals surface area (Å²) in [5, 5.41) is 1.61. The van der Waals surface area contributed by atoms with Crippen LogP contribution in [0, 0.1) is 6.92 Å². The summed E-state index contributed by atoms with van der Waals surface area (Å²) in [5.41, 5.74) is 3.52. The zero-order chi connectivity index (χ0) is 20.2. The Kier molecular flexibility index (Phi) is 5.62. The summed E-state index contributed by atoms with van der Waals surface area (Å²) < 4.78 is 6.05. The highest BCUT2D eigenvalue weighted by Crippen LogP contribution is 2.33. The lowest BCUT2D eigenvalue weighted by atomic mass is 10.1. The van der Waals surface area contributed by atoms with Gasteiger partial charge in [0.2, 0.25) is 0 Å². The van der Waals surface area contributed by atoms with Crippen LogP contribution in [0.4, 0.5) is 5.69 Å². The molecule has 2 aromatic carbocycles. The Bertz CT molecular complexity index is 1140. The molecule has 0 aliphatic heterocycles. The minimum atomic E-state index is -0.136. The van der Waals surface area contributed by atoms with Crippen LogP contribution >= 0.6 is 11.8 Å². The molecule has 0 unspecified atom stereocenters. The summed E-state index contributed by atoms with van der Waals surface area (Å²) in [6.07, 6.45) is 3.43. The first-order chi connectivity index (χ1) is 14.2. The van der Waals surface area contributed by atoms with E-state index < -0.39 is 0 Å². The largest absolute Gasteiger partial charge is 0.451 e. The molecule has 0 aliphatic rings. The van der Waals surface area contributed by atoms with Gasteiger partial charge in [-0.25, -0.2) is 9.97 Å². The second-order valence-corrected chi connectivity index (χ2v) is 7.50. The number of amides is 1. The highest BCUT2D eigenvalue weighted by molar-refractivity contribution is 7.98. The molecular formula is C23H21N3O2S. The van der Waals surface area contributed by atoms with E-state index >= 15 is 0 Å². The summed E-state index contributed by atoms with van der Waals surface area (Å²) in [6.45, 7) is 4.53. The van der Waals surface area contributed by atoms with E-state index in [1.54, 1.807) is 23.4 Å². The maximum atomic E-state index is 13.5. The molecule has 146 valence electrons. The average molecular weight is 404 g/mol. The van der Waals surface area contributed by atoms with E-state index in [9.17, 15) is 4.79 Å². The Morgan fingerprint density at radius 3 is 2.52 bits per heavy atom. The van der Waals surface area contributed by atoms with Gasteiger partial charge in [0.15, 0.2) is 10.9 Å².